The molecule has 1 N–H and O–H groups in total. The van der Waals surface area contributed by atoms with E-state index < -0.39 is 11.8 Å². The summed E-state index contributed by atoms with van der Waals surface area (Å²) < 4.78 is 20.4. The first-order chi connectivity index (χ1) is 11.6. The van der Waals surface area contributed by atoms with Crippen molar-refractivity contribution in [2.45, 2.75) is 6.61 Å². The number of nitrogens with zero attached hydrogens (tertiary/aromatic N) is 4. The van der Waals surface area contributed by atoms with Gasteiger partial charge in [0.1, 0.15) is 5.82 Å². The summed E-state index contributed by atoms with van der Waals surface area (Å²) in [5, 5.41) is 12.9. The van der Waals surface area contributed by atoms with Crippen LogP contribution in [-0.2, 0) is 11.3 Å². The van der Waals surface area contributed by atoms with E-state index in [1.807, 2.05) is 0 Å². The van der Waals surface area contributed by atoms with Gasteiger partial charge in [0.15, 0.2) is 17.3 Å². The summed E-state index contributed by atoms with van der Waals surface area (Å²) >= 11 is 0. The lowest BCUT2D eigenvalue weighted by Gasteiger charge is -2.08. The number of ether oxygens (including phenoxy) is 1. The Kier molecular flexibility index (Phi) is 4.30. The zero-order chi connectivity index (χ0) is 17.1. The van der Waals surface area contributed by atoms with Crippen LogP contribution >= 0.6 is 0 Å². The fourth-order valence-corrected chi connectivity index (χ4v) is 2.15. The predicted molar refractivity (Wildman–Crippen MR) is 82.2 cm³/mol. The van der Waals surface area contributed by atoms with Crippen molar-refractivity contribution in [3.05, 3.63) is 59.8 Å². The maximum Gasteiger partial charge on any atom is 0.356 e. The van der Waals surface area contributed by atoms with E-state index in [4.69, 9.17) is 9.84 Å². The molecule has 0 atom stereocenters. The molecule has 0 aliphatic carbocycles. The normalized spacial score (nSPS) is 10.8. The third-order valence-electron chi connectivity index (χ3n) is 3.22. The summed E-state index contributed by atoms with van der Waals surface area (Å²) in [6, 6.07) is 9.09. The summed E-state index contributed by atoms with van der Waals surface area (Å²) in [6.45, 7) is 0.198. The topological polar surface area (TPSA) is 90.1 Å². The van der Waals surface area contributed by atoms with Crippen LogP contribution in [0.25, 0.3) is 17.2 Å². The molecule has 0 radical (unpaired) electrons. The molecule has 0 aliphatic heterocycles. The second kappa shape index (κ2) is 6.55. The van der Waals surface area contributed by atoms with Crippen LogP contribution in [0.4, 0.5) is 4.39 Å². The Morgan fingerprint density at radius 2 is 2.08 bits per heavy atom. The van der Waals surface area contributed by atoms with Crippen LogP contribution in [0.1, 0.15) is 16.2 Å². The van der Waals surface area contributed by atoms with Crippen molar-refractivity contribution in [2.24, 2.45) is 0 Å². The van der Waals surface area contributed by atoms with E-state index in [9.17, 15) is 9.18 Å². The van der Waals surface area contributed by atoms with Gasteiger partial charge in [-0.25, -0.2) is 23.8 Å². The standard InChI is InChI=1S/C16H13FN4O3/c1-24-9-10-8-14(21-7-6-13(20-21)16(22)23)19-15(18-10)11-4-2-3-5-12(11)17/h2-8H,9H2,1H3,(H,22,23). The number of hydrogen-bond donors (Lipinski definition) is 1. The van der Waals surface area contributed by atoms with Crippen LogP contribution in [0.15, 0.2) is 42.6 Å². The highest BCUT2D eigenvalue weighted by Gasteiger charge is 2.14. The highest BCUT2D eigenvalue weighted by Crippen LogP contribution is 2.21. The lowest BCUT2D eigenvalue weighted by molar-refractivity contribution is 0.0690. The molecule has 0 fully saturated rings. The molecule has 122 valence electrons. The van der Waals surface area contributed by atoms with Gasteiger partial charge in [-0.1, -0.05) is 12.1 Å². The van der Waals surface area contributed by atoms with Gasteiger partial charge >= 0.3 is 5.97 Å². The zero-order valence-electron chi connectivity index (χ0n) is 12.7. The van der Waals surface area contributed by atoms with Crippen LogP contribution in [-0.4, -0.2) is 37.9 Å². The molecule has 0 spiro atoms. The monoisotopic (exact) mass is 328 g/mol. The van der Waals surface area contributed by atoms with Crippen molar-refractivity contribution >= 4 is 5.97 Å². The number of methoxy groups -OCH3 is 1. The Morgan fingerprint density at radius 3 is 2.75 bits per heavy atom. The maximum absolute atomic E-state index is 14.0. The zero-order valence-corrected chi connectivity index (χ0v) is 12.7. The Morgan fingerprint density at radius 1 is 1.29 bits per heavy atom. The van der Waals surface area contributed by atoms with Gasteiger partial charge in [-0.2, -0.15) is 5.10 Å². The molecule has 3 rings (SSSR count). The molecule has 7 nitrogen and oxygen atoms in total. The average Bonchev–Trinajstić information content (AvgIpc) is 3.06. The van der Waals surface area contributed by atoms with E-state index in [0.29, 0.717) is 11.5 Å². The second-order valence-corrected chi connectivity index (χ2v) is 4.90. The van der Waals surface area contributed by atoms with Crippen LogP contribution in [0.3, 0.4) is 0 Å². The minimum absolute atomic E-state index is 0.116. The van der Waals surface area contributed by atoms with E-state index in [0.717, 1.165) is 0 Å². The first-order valence-electron chi connectivity index (χ1n) is 6.99. The molecule has 0 unspecified atom stereocenters. The van der Waals surface area contributed by atoms with E-state index >= 15 is 0 Å². The quantitative estimate of drug-likeness (QED) is 0.773. The second-order valence-electron chi connectivity index (χ2n) is 4.90. The Balaban J connectivity index is 2.12. The molecule has 0 saturated heterocycles. The largest absolute Gasteiger partial charge is 0.476 e. The van der Waals surface area contributed by atoms with Gasteiger partial charge in [0.2, 0.25) is 0 Å². The lowest BCUT2D eigenvalue weighted by atomic mass is 10.2. The first kappa shape index (κ1) is 15.8. The first-order valence-corrected chi connectivity index (χ1v) is 6.99. The molecule has 24 heavy (non-hydrogen) atoms. The van der Waals surface area contributed by atoms with Crippen LogP contribution in [0, 0.1) is 5.82 Å². The number of halogens is 1. The highest BCUT2D eigenvalue weighted by molar-refractivity contribution is 5.85. The SMILES string of the molecule is COCc1cc(-n2ccc(C(=O)O)n2)nc(-c2ccccc2F)n1. The average molecular weight is 328 g/mol. The summed E-state index contributed by atoms with van der Waals surface area (Å²) in [5.74, 6) is -1.10. The van der Waals surface area contributed by atoms with E-state index in [-0.39, 0.29) is 23.7 Å². The third kappa shape index (κ3) is 3.13. The summed E-state index contributed by atoms with van der Waals surface area (Å²) in [4.78, 5) is 19.5. The van der Waals surface area contributed by atoms with E-state index in [1.165, 1.54) is 30.1 Å². The molecule has 0 bridgehead atoms. The van der Waals surface area contributed by atoms with Crippen molar-refractivity contribution in [1.82, 2.24) is 19.7 Å². The van der Waals surface area contributed by atoms with Gasteiger partial charge in [-0.3, -0.25) is 0 Å². The number of benzene rings is 1. The Bertz CT molecular complexity index is 895. The minimum Gasteiger partial charge on any atom is -0.476 e. The predicted octanol–water partition coefficient (Wildman–Crippen LogP) is 2.31. The number of aromatic nitrogens is 4. The van der Waals surface area contributed by atoms with E-state index in [2.05, 4.69) is 15.1 Å². The van der Waals surface area contributed by atoms with Crippen molar-refractivity contribution in [2.75, 3.05) is 7.11 Å². The lowest BCUT2D eigenvalue weighted by Crippen LogP contribution is -2.07. The molecule has 2 aromatic heterocycles. The molecule has 2 heterocycles. The number of carbonyl (C=O) groups is 1. The number of aromatic carboxylic acids is 1. The molecule has 8 heteroatoms. The Hall–Kier alpha value is -3.13. The fraction of sp³-hybridized carbons (Fsp3) is 0.125. The maximum atomic E-state index is 14.0. The fourth-order valence-electron chi connectivity index (χ4n) is 2.15. The van der Waals surface area contributed by atoms with Crippen molar-refractivity contribution in [3.63, 3.8) is 0 Å². The van der Waals surface area contributed by atoms with Crippen LogP contribution in [0.2, 0.25) is 0 Å². The molecule has 1 aromatic carbocycles. The third-order valence-corrected chi connectivity index (χ3v) is 3.22. The number of rotatable bonds is 5. The van der Waals surface area contributed by atoms with Crippen molar-refractivity contribution in [3.8, 4) is 17.2 Å². The molecular weight excluding hydrogens is 315 g/mol. The Labute approximate surface area is 136 Å². The van der Waals surface area contributed by atoms with Crippen LogP contribution < -0.4 is 0 Å². The van der Waals surface area contributed by atoms with Gasteiger partial charge < -0.3 is 9.84 Å². The molecule has 3 aromatic rings. The summed E-state index contributed by atoms with van der Waals surface area (Å²) in [7, 11) is 1.51. The number of carboxylic acid groups (broad SMARTS) is 1. The minimum atomic E-state index is -1.14. The summed E-state index contributed by atoms with van der Waals surface area (Å²) in [6.07, 6.45) is 1.47. The number of hydrogen-bond acceptors (Lipinski definition) is 5. The molecule has 0 aliphatic rings. The van der Waals surface area contributed by atoms with Crippen LogP contribution in [0.5, 0.6) is 0 Å². The van der Waals surface area contributed by atoms with Crippen molar-refractivity contribution in [1.29, 1.82) is 0 Å². The van der Waals surface area contributed by atoms with E-state index in [1.54, 1.807) is 24.3 Å². The van der Waals surface area contributed by atoms with Gasteiger partial charge in [0, 0.05) is 19.4 Å². The van der Waals surface area contributed by atoms with Crippen molar-refractivity contribution < 1.29 is 19.0 Å². The highest BCUT2D eigenvalue weighted by atomic mass is 19.1. The molecule has 0 saturated carbocycles. The molecule has 0 amide bonds. The van der Waals surface area contributed by atoms with Gasteiger partial charge in [-0.05, 0) is 18.2 Å². The number of carboxylic acids is 1. The van der Waals surface area contributed by atoms with Gasteiger partial charge in [0.05, 0.1) is 17.9 Å². The summed E-state index contributed by atoms with van der Waals surface area (Å²) in [5.41, 5.74) is 0.643. The van der Waals surface area contributed by atoms with Gasteiger partial charge in [0.25, 0.3) is 0 Å². The molecular formula is C16H13FN4O3. The smallest absolute Gasteiger partial charge is 0.356 e. The van der Waals surface area contributed by atoms with Gasteiger partial charge in [-0.15, -0.1) is 0 Å².